The van der Waals surface area contributed by atoms with Crippen LogP contribution in [0, 0.1) is 12.3 Å². The molecule has 0 saturated heterocycles. The molecule has 7 nitrogen and oxygen atoms in total. The number of urea groups is 1. The van der Waals surface area contributed by atoms with E-state index in [4.69, 9.17) is 10.2 Å². The molecular formula is C20H24N4O3. The van der Waals surface area contributed by atoms with Crippen molar-refractivity contribution in [3.8, 4) is 0 Å². The molecule has 1 aliphatic carbocycles. The van der Waals surface area contributed by atoms with Gasteiger partial charge in [0, 0.05) is 24.1 Å². The van der Waals surface area contributed by atoms with E-state index in [9.17, 15) is 9.59 Å². The number of benzene rings is 1. The molecule has 0 bridgehead atoms. The summed E-state index contributed by atoms with van der Waals surface area (Å²) in [6, 6.07) is 8.95. The molecule has 27 heavy (non-hydrogen) atoms. The van der Waals surface area contributed by atoms with Crippen LogP contribution in [0.1, 0.15) is 53.3 Å². The average Bonchev–Trinajstić information content (AvgIpc) is 2.93. The monoisotopic (exact) mass is 368 g/mol. The quantitative estimate of drug-likeness (QED) is 0.722. The molecule has 4 N–H and O–H groups in total. The molecule has 1 aromatic carbocycles. The van der Waals surface area contributed by atoms with Crippen molar-refractivity contribution in [3.63, 3.8) is 0 Å². The first-order chi connectivity index (χ1) is 12.8. The van der Waals surface area contributed by atoms with Crippen LogP contribution < -0.4 is 16.5 Å². The van der Waals surface area contributed by atoms with Gasteiger partial charge in [-0.15, -0.1) is 0 Å². The standard InChI is InChI=1S/C20H24N4O3/c1-12-16-14(23-24-19(21)26)9-20(2,3)10-15(16)27-17(12)18(25)22-11-13-7-5-4-6-8-13/h4-8H,9-11H2,1-3H3,(H,22,25)(H3,21,24,26)/b23-14-. The molecule has 3 amide bonds. The number of furan rings is 1. The number of rotatable bonds is 4. The van der Waals surface area contributed by atoms with Crippen LogP contribution in [0.4, 0.5) is 4.79 Å². The van der Waals surface area contributed by atoms with Crippen LogP contribution in [0.25, 0.3) is 0 Å². The second-order valence-corrected chi connectivity index (χ2v) is 7.57. The first kappa shape index (κ1) is 18.7. The molecule has 0 unspecified atom stereocenters. The zero-order chi connectivity index (χ0) is 19.6. The van der Waals surface area contributed by atoms with E-state index in [1.54, 1.807) is 0 Å². The highest BCUT2D eigenvalue weighted by Gasteiger charge is 2.36. The van der Waals surface area contributed by atoms with Crippen LogP contribution in [0.15, 0.2) is 39.9 Å². The summed E-state index contributed by atoms with van der Waals surface area (Å²) in [5.74, 6) is 0.713. The van der Waals surface area contributed by atoms with Crippen molar-refractivity contribution >= 4 is 17.6 Å². The summed E-state index contributed by atoms with van der Waals surface area (Å²) in [6.07, 6.45) is 1.33. The summed E-state index contributed by atoms with van der Waals surface area (Å²) in [5, 5.41) is 7.04. The van der Waals surface area contributed by atoms with Gasteiger partial charge in [-0.3, -0.25) is 4.79 Å². The molecule has 2 aromatic rings. The molecule has 0 radical (unpaired) electrons. The molecule has 7 heteroatoms. The minimum absolute atomic E-state index is 0.104. The lowest BCUT2D eigenvalue weighted by atomic mass is 9.75. The Kier molecular flexibility index (Phi) is 5.03. The fraction of sp³-hybridized carbons (Fsp3) is 0.350. The summed E-state index contributed by atoms with van der Waals surface area (Å²) in [6.45, 7) is 6.42. The summed E-state index contributed by atoms with van der Waals surface area (Å²) >= 11 is 0. The largest absolute Gasteiger partial charge is 0.455 e. The zero-order valence-electron chi connectivity index (χ0n) is 15.8. The second kappa shape index (κ2) is 7.26. The van der Waals surface area contributed by atoms with Gasteiger partial charge in [0.1, 0.15) is 5.76 Å². The predicted molar refractivity (Wildman–Crippen MR) is 102 cm³/mol. The number of fused-ring (bicyclic) bond motifs is 1. The van der Waals surface area contributed by atoms with Crippen molar-refractivity contribution in [2.45, 2.75) is 40.2 Å². The third kappa shape index (κ3) is 4.19. The number of carbonyl (C=O) groups is 2. The lowest BCUT2D eigenvalue weighted by Crippen LogP contribution is -2.31. The van der Waals surface area contributed by atoms with Crippen molar-refractivity contribution in [3.05, 3.63) is 58.5 Å². The Morgan fingerprint density at radius 1 is 1.22 bits per heavy atom. The number of primary amides is 1. The molecule has 1 aliphatic rings. The molecule has 0 saturated carbocycles. The Morgan fingerprint density at radius 2 is 1.93 bits per heavy atom. The minimum Gasteiger partial charge on any atom is -0.455 e. The molecule has 0 aliphatic heterocycles. The maximum Gasteiger partial charge on any atom is 0.332 e. The highest BCUT2D eigenvalue weighted by molar-refractivity contribution is 6.07. The van der Waals surface area contributed by atoms with Gasteiger partial charge >= 0.3 is 6.03 Å². The lowest BCUT2D eigenvalue weighted by Gasteiger charge is -2.29. The van der Waals surface area contributed by atoms with Crippen LogP contribution in [-0.4, -0.2) is 17.6 Å². The second-order valence-electron chi connectivity index (χ2n) is 7.57. The van der Waals surface area contributed by atoms with Crippen molar-refractivity contribution in [1.29, 1.82) is 0 Å². The number of nitrogens with one attached hydrogen (secondary N) is 2. The number of hydrogen-bond acceptors (Lipinski definition) is 4. The van der Waals surface area contributed by atoms with E-state index >= 15 is 0 Å². The van der Waals surface area contributed by atoms with E-state index in [2.05, 4.69) is 29.7 Å². The van der Waals surface area contributed by atoms with Gasteiger partial charge in [-0.25, -0.2) is 10.2 Å². The van der Waals surface area contributed by atoms with Gasteiger partial charge in [0.05, 0.1) is 5.71 Å². The van der Waals surface area contributed by atoms with Gasteiger partial charge in [-0.1, -0.05) is 44.2 Å². The normalized spacial score (nSPS) is 16.6. The third-order valence-electron chi connectivity index (χ3n) is 4.60. The van der Waals surface area contributed by atoms with Crippen LogP contribution in [0.2, 0.25) is 0 Å². The van der Waals surface area contributed by atoms with E-state index in [0.717, 1.165) is 16.7 Å². The van der Waals surface area contributed by atoms with Gasteiger partial charge in [0.2, 0.25) is 0 Å². The molecular weight excluding hydrogens is 344 g/mol. The summed E-state index contributed by atoms with van der Waals surface area (Å²) in [4.78, 5) is 23.7. The fourth-order valence-corrected chi connectivity index (χ4v) is 3.41. The van der Waals surface area contributed by atoms with Gasteiger partial charge in [0.25, 0.3) is 5.91 Å². The van der Waals surface area contributed by atoms with Gasteiger partial charge in [-0.05, 0) is 24.3 Å². The summed E-state index contributed by atoms with van der Waals surface area (Å²) < 4.78 is 5.92. The maximum atomic E-state index is 12.7. The molecule has 0 spiro atoms. The molecule has 1 aromatic heterocycles. The van der Waals surface area contributed by atoms with Crippen molar-refractivity contribution < 1.29 is 14.0 Å². The molecule has 142 valence electrons. The SMILES string of the molecule is Cc1c(C(=O)NCc2ccccc2)oc2c1/C(=N\NC(N)=O)CC(C)(C)C2. The fourth-order valence-electron chi connectivity index (χ4n) is 3.41. The van der Waals surface area contributed by atoms with Gasteiger partial charge < -0.3 is 15.5 Å². The molecule has 0 fully saturated rings. The topological polar surface area (TPSA) is 110 Å². The summed E-state index contributed by atoms with van der Waals surface area (Å²) in [7, 11) is 0. The Balaban J connectivity index is 1.88. The number of amides is 3. The van der Waals surface area contributed by atoms with Gasteiger partial charge in [-0.2, -0.15) is 5.10 Å². The average molecular weight is 368 g/mol. The maximum absolute atomic E-state index is 12.7. The lowest BCUT2D eigenvalue weighted by molar-refractivity contribution is 0.0919. The van der Waals surface area contributed by atoms with E-state index in [-0.39, 0.29) is 17.1 Å². The highest BCUT2D eigenvalue weighted by Crippen LogP contribution is 2.38. The molecule has 1 heterocycles. The molecule has 0 atom stereocenters. The van der Waals surface area contributed by atoms with E-state index in [0.29, 0.717) is 30.9 Å². The third-order valence-corrected chi connectivity index (χ3v) is 4.60. The van der Waals surface area contributed by atoms with Crippen LogP contribution in [0.3, 0.4) is 0 Å². The Bertz CT molecular complexity index is 897. The minimum atomic E-state index is -0.727. The van der Waals surface area contributed by atoms with E-state index < -0.39 is 6.03 Å². The first-order valence-corrected chi connectivity index (χ1v) is 8.83. The Morgan fingerprint density at radius 3 is 2.59 bits per heavy atom. The van der Waals surface area contributed by atoms with Crippen LogP contribution >= 0.6 is 0 Å². The smallest absolute Gasteiger partial charge is 0.332 e. The van der Waals surface area contributed by atoms with Crippen molar-refractivity contribution in [1.82, 2.24) is 10.7 Å². The number of nitrogens with zero attached hydrogens (tertiary/aromatic N) is 1. The molecule has 3 rings (SSSR count). The Labute approximate surface area is 158 Å². The Hall–Kier alpha value is -3.09. The summed E-state index contributed by atoms with van der Waals surface area (Å²) in [5.41, 5.74) is 10.5. The van der Waals surface area contributed by atoms with E-state index in [1.165, 1.54) is 0 Å². The van der Waals surface area contributed by atoms with Gasteiger partial charge in [0.15, 0.2) is 5.76 Å². The van der Waals surface area contributed by atoms with E-state index in [1.807, 2.05) is 37.3 Å². The zero-order valence-corrected chi connectivity index (χ0v) is 15.8. The highest BCUT2D eigenvalue weighted by atomic mass is 16.4. The van der Waals surface area contributed by atoms with Crippen molar-refractivity contribution in [2.24, 2.45) is 16.3 Å². The van der Waals surface area contributed by atoms with Crippen LogP contribution in [0.5, 0.6) is 0 Å². The number of carbonyl (C=O) groups excluding carboxylic acids is 2. The van der Waals surface area contributed by atoms with Crippen molar-refractivity contribution in [2.75, 3.05) is 0 Å². The number of hydrazone groups is 1. The van der Waals surface area contributed by atoms with Crippen LogP contribution in [-0.2, 0) is 13.0 Å². The number of nitrogens with two attached hydrogens (primary N) is 1. The number of hydrogen-bond donors (Lipinski definition) is 3. The predicted octanol–water partition coefficient (Wildman–Crippen LogP) is 2.86. The first-order valence-electron chi connectivity index (χ1n) is 8.83.